The Morgan fingerprint density at radius 1 is 0.923 bits per heavy atom. The predicted octanol–water partition coefficient (Wildman–Crippen LogP) is 3.73. The zero-order valence-corrected chi connectivity index (χ0v) is 15.4. The van der Waals surface area contributed by atoms with Gasteiger partial charge in [0.05, 0.1) is 0 Å². The number of hydrogen-bond acceptors (Lipinski definition) is 2. The first-order chi connectivity index (χ1) is 12.6. The molecule has 0 aromatic heterocycles. The summed E-state index contributed by atoms with van der Waals surface area (Å²) in [5, 5.41) is 2.96. The normalized spacial score (nSPS) is 15.1. The van der Waals surface area contributed by atoms with E-state index in [0.29, 0.717) is 5.56 Å². The number of likely N-dealkylation sites (tertiary alicyclic amines) is 1. The number of nitrogens with one attached hydrogen (secondary N) is 1. The van der Waals surface area contributed by atoms with Gasteiger partial charge in [-0.05, 0) is 42.0 Å². The SMILES string of the molecule is CC(C)[C@H](NC(=O)c1cccc(-c2ccccc2)c1)C(=O)N1CCCC1. The molecule has 1 N–H and O–H groups in total. The molecule has 0 unspecified atom stereocenters. The number of carbonyl (C=O) groups excluding carboxylic acids is 2. The van der Waals surface area contributed by atoms with Crippen molar-refractivity contribution in [2.24, 2.45) is 5.92 Å². The van der Waals surface area contributed by atoms with Gasteiger partial charge in [0.1, 0.15) is 6.04 Å². The highest BCUT2D eigenvalue weighted by Gasteiger charge is 2.30. The fourth-order valence-corrected chi connectivity index (χ4v) is 3.34. The van der Waals surface area contributed by atoms with E-state index in [2.05, 4.69) is 5.32 Å². The zero-order valence-electron chi connectivity index (χ0n) is 15.4. The molecule has 2 amide bonds. The second-order valence-electron chi connectivity index (χ2n) is 7.17. The summed E-state index contributed by atoms with van der Waals surface area (Å²) >= 11 is 0. The zero-order chi connectivity index (χ0) is 18.5. The van der Waals surface area contributed by atoms with E-state index in [9.17, 15) is 9.59 Å². The lowest BCUT2D eigenvalue weighted by Gasteiger charge is -2.26. The molecule has 26 heavy (non-hydrogen) atoms. The fraction of sp³-hybridized carbons (Fsp3) is 0.364. The van der Waals surface area contributed by atoms with Crippen LogP contribution in [-0.2, 0) is 4.79 Å². The van der Waals surface area contributed by atoms with Crippen LogP contribution in [0.25, 0.3) is 11.1 Å². The predicted molar refractivity (Wildman–Crippen MR) is 104 cm³/mol. The van der Waals surface area contributed by atoms with Gasteiger partial charge in [-0.3, -0.25) is 9.59 Å². The molecule has 0 radical (unpaired) electrons. The van der Waals surface area contributed by atoms with E-state index in [4.69, 9.17) is 0 Å². The van der Waals surface area contributed by atoms with E-state index < -0.39 is 6.04 Å². The highest BCUT2D eigenvalue weighted by molar-refractivity contribution is 5.98. The van der Waals surface area contributed by atoms with Crippen LogP contribution in [0.4, 0.5) is 0 Å². The Morgan fingerprint density at radius 3 is 2.23 bits per heavy atom. The van der Waals surface area contributed by atoms with E-state index >= 15 is 0 Å². The molecule has 2 aromatic rings. The minimum absolute atomic E-state index is 0.0325. The van der Waals surface area contributed by atoms with Crippen molar-refractivity contribution in [2.75, 3.05) is 13.1 Å². The van der Waals surface area contributed by atoms with E-state index in [-0.39, 0.29) is 17.7 Å². The van der Waals surface area contributed by atoms with Gasteiger partial charge in [0.15, 0.2) is 0 Å². The van der Waals surface area contributed by atoms with Crippen molar-refractivity contribution in [3.05, 3.63) is 60.2 Å². The summed E-state index contributed by atoms with van der Waals surface area (Å²) in [4.78, 5) is 27.4. The van der Waals surface area contributed by atoms with Crippen molar-refractivity contribution >= 4 is 11.8 Å². The average Bonchev–Trinajstić information content (AvgIpc) is 3.21. The molecule has 2 aromatic carbocycles. The Labute approximate surface area is 155 Å². The minimum atomic E-state index is -0.485. The summed E-state index contributed by atoms with van der Waals surface area (Å²) in [6.45, 7) is 5.53. The third-order valence-electron chi connectivity index (χ3n) is 4.87. The molecule has 1 heterocycles. The van der Waals surface area contributed by atoms with Crippen LogP contribution in [0, 0.1) is 5.92 Å². The second kappa shape index (κ2) is 8.17. The Hall–Kier alpha value is -2.62. The number of nitrogens with zero attached hydrogens (tertiary/aromatic N) is 1. The van der Waals surface area contributed by atoms with Crippen LogP contribution in [-0.4, -0.2) is 35.8 Å². The Balaban J connectivity index is 1.76. The van der Waals surface area contributed by atoms with Crippen molar-refractivity contribution in [1.82, 2.24) is 10.2 Å². The van der Waals surface area contributed by atoms with Crippen molar-refractivity contribution in [1.29, 1.82) is 0 Å². The van der Waals surface area contributed by atoms with Crippen molar-refractivity contribution in [3.63, 3.8) is 0 Å². The molecule has 0 aliphatic carbocycles. The maximum Gasteiger partial charge on any atom is 0.251 e. The maximum absolute atomic E-state index is 12.8. The van der Waals surface area contributed by atoms with Crippen LogP contribution in [0.15, 0.2) is 54.6 Å². The van der Waals surface area contributed by atoms with E-state index in [1.807, 2.05) is 67.3 Å². The van der Waals surface area contributed by atoms with Crippen LogP contribution < -0.4 is 5.32 Å². The lowest BCUT2D eigenvalue weighted by Crippen LogP contribution is -2.50. The van der Waals surface area contributed by atoms with E-state index in [0.717, 1.165) is 37.1 Å². The van der Waals surface area contributed by atoms with Gasteiger partial charge in [-0.1, -0.05) is 56.3 Å². The molecule has 1 aliphatic heterocycles. The standard InChI is InChI=1S/C22H26N2O2/c1-16(2)20(22(26)24-13-6-7-14-24)23-21(25)19-12-8-11-18(15-19)17-9-4-3-5-10-17/h3-5,8-12,15-16,20H,6-7,13-14H2,1-2H3,(H,23,25)/t20-/m0/s1. The molecule has 4 nitrogen and oxygen atoms in total. The van der Waals surface area contributed by atoms with Gasteiger partial charge < -0.3 is 10.2 Å². The molecule has 0 saturated carbocycles. The number of carbonyl (C=O) groups is 2. The molecule has 136 valence electrons. The van der Waals surface area contributed by atoms with Gasteiger partial charge in [0.2, 0.25) is 5.91 Å². The Morgan fingerprint density at radius 2 is 1.58 bits per heavy atom. The third-order valence-corrected chi connectivity index (χ3v) is 4.87. The van der Waals surface area contributed by atoms with Gasteiger partial charge in [0, 0.05) is 18.7 Å². The summed E-state index contributed by atoms with van der Waals surface area (Å²) < 4.78 is 0. The highest BCUT2D eigenvalue weighted by Crippen LogP contribution is 2.20. The van der Waals surface area contributed by atoms with E-state index in [1.165, 1.54) is 0 Å². The van der Waals surface area contributed by atoms with Crippen LogP contribution in [0.2, 0.25) is 0 Å². The van der Waals surface area contributed by atoms with E-state index in [1.54, 1.807) is 6.07 Å². The highest BCUT2D eigenvalue weighted by atomic mass is 16.2. The average molecular weight is 350 g/mol. The fourth-order valence-electron chi connectivity index (χ4n) is 3.34. The van der Waals surface area contributed by atoms with Gasteiger partial charge in [0.25, 0.3) is 5.91 Å². The molecular weight excluding hydrogens is 324 g/mol. The second-order valence-corrected chi connectivity index (χ2v) is 7.17. The first-order valence-electron chi connectivity index (χ1n) is 9.31. The molecule has 1 saturated heterocycles. The van der Waals surface area contributed by atoms with Gasteiger partial charge in [-0.25, -0.2) is 0 Å². The quantitative estimate of drug-likeness (QED) is 0.893. The molecule has 4 heteroatoms. The monoisotopic (exact) mass is 350 g/mol. The van der Waals surface area contributed by atoms with Crippen LogP contribution in [0.1, 0.15) is 37.0 Å². The summed E-state index contributed by atoms with van der Waals surface area (Å²) in [7, 11) is 0. The van der Waals surface area contributed by atoms with Crippen LogP contribution in [0.3, 0.4) is 0 Å². The Bertz CT molecular complexity index is 765. The van der Waals surface area contributed by atoms with Crippen molar-refractivity contribution in [3.8, 4) is 11.1 Å². The minimum Gasteiger partial charge on any atom is -0.341 e. The number of rotatable bonds is 5. The summed E-state index contributed by atoms with van der Waals surface area (Å²) in [6.07, 6.45) is 2.09. The van der Waals surface area contributed by atoms with Gasteiger partial charge in [-0.15, -0.1) is 0 Å². The molecule has 1 atom stereocenters. The summed E-state index contributed by atoms with van der Waals surface area (Å²) in [5.41, 5.74) is 2.63. The number of benzene rings is 2. The smallest absolute Gasteiger partial charge is 0.251 e. The molecule has 3 rings (SSSR count). The van der Waals surface area contributed by atoms with Gasteiger partial charge in [-0.2, -0.15) is 0 Å². The third kappa shape index (κ3) is 4.13. The van der Waals surface area contributed by atoms with Crippen LogP contribution >= 0.6 is 0 Å². The maximum atomic E-state index is 12.8. The lowest BCUT2D eigenvalue weighted by atomic mass is 10.0. The largest absolute Gasteiger partial charge is 0.341 e. The molecule has 1 aliphatic rings. The topological polar surface area (TPSA) is 49.4 Å². The van der Waals surface area contributed by atoms with Crippen LogP contribution in [0.5, 0.6) is 0 Å². The first-order valence-corrected chi connectivity index (χ1v) is 9.31. The number of hydrogen-bond donors (Lipinski definition) is 1. The Kier molecular flexibility index (Phi) is 5.71. The first kappa shape index (κ1) is 18.2. The van der Waals surface area contributed by atoms with Crippen molar-refractivity contribution < 1.29 is 9.59 Å². The molecule has 0 bridgehead atoms. The lowest BCUT2D eigenvalue weighted by molar-refractivity contribution is -0.133. The number of amides is 2. The molecular formula is C22H26N2O2. The molecule has 0 spiro atoms. The summed E-state index contributed by atoms with van der Waals surface area (Å²) in [5.74, 6) is -0.122. The summed E-state index contributed by atoms with van der Waals surface area (Å²) in [6, 6.07) is 17.0. The molecule has 1 fully saturated rings. The van der Waals surface area contributed by atoms with Crippen molar-refractivity contribution in [2.45, 2.75) is 32.7 Å². The van der Waals surface area contributed by atoms with Gasteiger partial charge >= 0.3 is 0 Å².